The van der Waals surface area contributed by atoms with E-state index in [9.17, 15) is 0 Å². The van der Waals surface area contributed by atoms with Crippen LogP contribution in [0.1, 0.15) is 33.2 Å². The van der Waals surface area contributed by atoms with E-state index in [-0.39, 0.29) is 0 Å². The fourth-order valence-electron chi connectivity index (χ4n) is 3.55. The molecule has 0 aliphatic heterocycles. The van der Waals surface area contributed by atoms with Gasteiger partial charge in [0.05, 0.1) is 12.8 Å². The molecule has 5 nitrogen and oxygen atoms in total. The van der Waals surface area contributed by atoms with Crippen LogP contribution in [0.2, 0.25) is 0 Å². The number of furan rings is 1. The number of fused-ring (bicyclic) bond motifs is 1. The van der Waals surface area contributed by atoms with Crippen molar-refractivity contribution in [1.29, 1.82) is 0 Å². The van der Waals surface area contributed by atoms with Crippen molar-refractivity contribution in [3.63, 3.8) is 0 Å². The Balaban J connectivity index is 1.39. The summed E-state index contributed by atoms with van der Waals surface area (Å²) in [6, 6.07) is 13.1. The lowest BCUT2D eigenvalue weighted by atomic mass is 9.88. The average molecular weight is 395 g/mol. The number of hydrogen-bond acceptors (Lipinski definition) is 4. The van der Waals surface area contributed by atoms with Crippen molar-refractivity contribution < 1.29 is 4.42 Å². The first-order chi connectivity index (χ1) is 13.8. The summed E-state index contributed by atoms with van der Waals surface area (Å²) in [4.78, 5) is 10.4. The van der Waals surface area contributed by atoms with Crippen LogP contribution >= 0.6 is 11.3 Å². The van der Waals surface area contributed by atoms with Crippen molar-refractivity contribution in [2.75, 3.05) is 6.54 Å². The van der Waals surface area contributed by atoms with E-state index in [2.05, 4.69) is 46.8 Å². The van der Waals surface area contributed by atoms with Crippen molar-refractivity contribution in [2.45, 2.75) is 45.2 Å². The van der Waals surface area contributed by atoms with Gasteiger partial charge in [-0.15, -0.1) is 11.3 Å². The molecule has 0 fully saturated rings. The van der Waals surface area contributed by atoms with Gasteiger partial charge in [-0.2, -0.15) is 0 Å². The smallest absolute Gasteiger partial charge is 0.191 e. The molecule has 2 aromatic heterocycles. The second kappa shape index (κ2) is 9.06. The summed E-state index contributed by atoms with van der Waals surface area (Å²) < 4.78 is 5.43. The van der Waals surface area contributed by atoms with Gasteiger partial charge in [0.15, 0.2) is 5.96 Å². The average Bonchev–Trinajstić information content (AvgIpc) is 3.37. The van der Waals surface area contributed by atoms with E-state index in [0.29, 0.717) is 12.6 Å². The number of aryl methyl sites for hydroxylation is 2. The third-order valence-electron chi connectivity index (χ3n) is 4.97. The molecule has 0 saturated carbocycles. The Hall–Kier alpha value is -2.60. The number of thiazole rings is 1. The van der Waals surface area contributed by atoms with E-state index in [1.54, 1.807) is 17.6 Å². The highest BCUT2D eigenvalue weighted by Crippen LogP contribution is 2.21. The molecule has 1 atom stereocenters. The third kappa shape index (κ3) is 5.01. The lowest BCUT2D eigenvalue weighted by Crippen LogP contribution is -2.46. The van der Waals surface area contributed by atoms with Gasteiger partial charge in [-0.1, -0.05) is 24.3 Å². The third-order valence-corrected chi connectivity index (χ3v) is 5.87. The Bertz CT molecular complexity index is 916. The molecule has 1 aliphatic carbocycles. The maximum absolute atomic E-state index is 5.43. The Labute approximate surface area is 169 Å². The van der Waals surface area contributed by atoms with Crippen molar-refractivity contribution >= 4 is 17.3 Å². The van der Waals surface area contributed by atoms with Crippen LogP contribution in [0.3, 0.4) is 0 Å². The van der Waals surface area contributed by atoms with Gasteiger partial charge in [-0.3, -0.25) is 0 Å². The van der Waals surface area contributed by atoms with E-state index >= 15 is 0 Å². The van der Waals surface area contributed by atoms with Crippen molar-refractivity contribution in [3.05, 3.63) is 75.6 Å². The van der Waals surface area contributed by atoms with E-state index in [1.807, 2.05) is 18.3 Å². The summed E-state index contributed by atoms with van der Waals surface area (Å²) in [6.07, 6.45) is 7.71. The number of benzene rings is 1. The molecule has 2 N–H and O–H groups in total. The number of aromatic nitrogens is 1. The largest absolute Gasteiger partial charge is 0.469 e. The van der Waals surface area contributed by atoms with Crippen molar-refractivity contribution in [3.8, 4) is 0 Å². The predicted octanol–water partition coefficient (Wildman–Crippen LogP) is 3.88. The number of nitrogens with zero attached hydrogens (tertiary/aromatic N) is 2. The van der Waals surface area contributed by atoms with E-state index in [4.69, 9.17) is 9.41 Å². The molecule has 4 rings (SSSR count). The summed E-state index contributed by atoms with van der Waals surface area (Å²) in [5.74, 6) is 1.83. The molecule has 0 spiro atoms. The molecule has 0 amide bonds. The van der Waals surface area contributed by atoms with Gasteiger partial charge in [0.25, 0.3) is 0 Å². The van der Waals surface area contributed by atoms with Crippen LogP contribution in [0.15, 0.2) is 58.3 Å². The second-order valence-electron chi connectivity index (χ2n) is 7.14. The first kappa shape index (κ1) is 18.7. The SMILES string of the molecule is Cc1cnc(CN=C(NCCc2ccco2)NC2CCc3ccccc3C2)s1. The minimum absolute atomic E-state index is 0.391. The highest BCUT2D eigenvalue weighted by molar-refractivity contribution is 7.11. The van der Waals surface area contributed by atoms with E-state index in [1.165, 1.54) is 16.0 Å². The van der Waals surface area contributed by atoms with Crippen molar-refractivity contribution in [1.82, 2.24) is 15.6 Å². The standard InChI is InChI=1S/C22H26N4OS/c1-16-14-24-21(28-16)15-25-22(23-11-10-20-7-4-12-27-20)26-19-9-8-17-5-2-3-6-18(17)13-19/h2-7,12,14,19H,8-11,13,15H2,1H3,(H2,23,25,26). The molecular weight excluding hydrogens is 368 g/mol. The van der Waals surface area contributed by atoms with Gasteiger partial charge in [0.1, 0.15) is 10.8 Å². The van der Waals surface area contributed by atoms with Crippen LogP contribution in [0.4, 0.5) is 0 Å². The molecule has 6 heteroatoms. The summed E-state index contributed by atoms with van der Waals surface area (Å²) in [6.45, 7) is 3.45. The fraction of sp³-hybridized carbons (Fsp3) is 0.364. The van der Waals surface area contributed by atoms with Gasteiger partial charge >= 0.3 is 0 Å². The molecule has 0 bridgehead atoms. The molecule has 3 aromatic rings. The zero-order chi connectivity index (χ0) is 19.2. The van der Waals surface area contributed by atoms with Crippen LogP contribution in [-0.4, -0.2) is 23.5 Å². The highest BCUT2D eigenvalue weighted by Gasteiger charge is 2.19. The normalized spacial score (nSPS) is 16.6. The van der Waals surface area contributed by atoms with Crippen LogP contribution in [-0.2, 0) is 25.8 Å². The number of hydrogen-bond donors (Lipinski definition) is 2. The molecule has 146 valence electrons. The van der Waals surface area contributed by atoms with Crippen LogP contribution in [0.25, 0.3) is 0 Å². The number of nitrogens with one attached hydrogen (secondary N) is 2. The molecule has 1 unspecified atom stereocenters. The first-order valence-electron chi connectivity index (χ1n) is 9.81. The molecule has 0 saturated heterocycles. The Morgan fingerprint density at radius 1 is 1.25 bits per heavy atom. The molecule has 2 heterocycles. The summed E-state index contributed by atoms with van der Waals surface area (Å²) >= 11 is 1.70. The maximum Gasteiger partial charge on any atom is 0.191 e. The minimum Gasteiger partial charge on any atom is -0.469 e. The minimum atomic E-state index is 0.391. The molecule has 1 aromatic carbocycles. The Kier molecular flexibility index (Phi) is 6.07. The van der Waals surface area contributed by atoms with Crippen LogP contribution < -0.4 is 10.6 Å². The predicted molar refractivity (Wildman–Crippen MR) is 114 cm³/mol. The van der Waals surface area contributed by atoms with Crippen molar-refractivity contribution in [2.24, 2.45) is 4.99 Å². The van der Waals surface area contributed by atoms with E-state index in [0.717, 1.165) is 49.0 Å². The molecular formula is C22H26N4OS. The summed E-state index contributed by atoms with van der Waals surface area (Å²) in [5.41, 5.74) is 2.92. The van der Waals surface area contributed by atoms with Gasteiger partial charge in [0, 0.05) is 30.1 Å². The van der Waals surface area contributed by atoms with Crippen LogP contribution in [0.5, 0.6) is 0 Å². The molecule has 0 radical (unpaired) electrons. The lowest BCUT2D eigenvalue weighted by molar-refractivity contribution is 0.501. The number of rotatable bonds is 6. The topological polar surface area (TPSA) is 62.5 Å². The number of aliphatic imine (C=N–C) groups is 1. The lowest BCUT2D eigenvalue weighted by Gasteiger charge is -2.27. The first-order valence-corrected chi connectivity index (χ1v) is 10.6. The van der Waals surface area contributed by atoms with Gasteiger partial charge in [0.2, 0.25) is 0 Å². The quantitative estimate of drug-likeness (QED) is 0.492. The summed E-state index contributed by atoms with van der Waals surface area (Å²) in [5, 5.41) is 8.14. The number of guanidine groups is 1. The highest BCUT2D eigenvalue weighted by atomic mass is 32.1. The zero-order valence-electron chi connectivity index (χ0n) is 16.1. The molecule has 28 heavy (non-hydrogen) atoms. The Morgan fingerprint density at radius 3 is 2.93 bits per heavy atom. The van der Waals surface area contributed by atoms with Gasteiger partial charge < -0.3 is 15.1 Å². The van der Waals surface area contributed by atoms with Crippen LogP contribution in [0, 0.1) is 6.92 Å². The van der Waals surface area contributed by atoms with Gasteiger partial charge in [-0.25, -0.2) is 9.98 Å². The van der Waals surface area contributed by atoms with E-state index < -0.39 is 0 Å². The zero-order valence-corrected chi connectivity index (χ0v) is 17.0. The van der Waals surface area contributed by atoms with Gasteiger partial charge in [-0.05, 0) is 49.4 Å². The second-order valence-corrected chi connectivity index (χ2v) is 8.46. The molecule has 1 aliphatic rings. The monoisotopic (exact) mass is 394 g/mol. The summed E-state index contributed by atoms with van der Waals surface area (Å²) in [7, 11) is 0. The Morgan fingerprint density at radius 2 is 2.14 bits per heavy atom. The maximum atomic E-state index is 5.43. The fourth-order valence-corrected chi connectivity index (χ4v) is 4.26.